The van der Waals surface area contributed by atoms with Gasteiger partial charge in [-0.25, -0.2) is 4.98 Å². The van der Waals surface area contributed by atoms with Crippen LogP contribution in [0.4, 0.5) is 11.8 Å². The molecule has 0 unspecified atom stereocenters. The summed E-state index contributed by atoms with van der Waals surface area (Å²) in [6.45, 7) is 0.172. The molecule has 2 atom stereocenters. The largest absolute Gasteiger partial charge is 0.481 e. The van der Waals surface area contributed by atoms with Gasteiger partial charge in [0.2, 0.25) is 5.95 Å². The first-order chi connectivity index (χ1) is 13.9. The molecule has 0 spiro atoms. The molecule has 1 saturated carbocycles. The van der Waals surface area contributed by atoms with Crippen molar-refractivity contribution in [2.45, 2.75) is 44.2 Å². The number of aliphatic carboxylic acids is 2. The van der Waals surface area contributed by atoms with Crippen LogP contribution >= 0.6 is 0 Å². The minimum absolute atomic E-state index is 0.162. The smallest absolute Gasteiger partial charge is 0.303 e. The Hall–Kier alpha value is -3.21. The van der Waals surface area contributed by atoms with Crippen LogP contribution in [0.1, 0.15) is 38.1 Å². The Kier molecular flexibility index (Phi) is 6.27. The second-order valence-corrected chi connectivity index (χ2v) is 7.09. The highest BCUT2D eigenvalue weighted by atomic mass is 16.4. The fourth-order valence-corrected chi connectivity index (χ4v) is 3.01. The number of carboxylic acids is 2. The van der Waals surface area contributed by atoms with E-state index in [0.29, 0.717) is 6.04 Å². The topological polar surface area (TPSA) is 176 Å². The van der Waals surface area contributed by atoms with E-state index in [9.17, 15) is 14.7 Å². The Morgan fingerprint density at radius 2 is 1.86 bits per heavy atom. The molecule has 11 heteroatoms. The molecule has 11 nitrogen and oxygen atoms in total. The summed E-state index contributed by atoms with van der Waals surface area (Å²) in [4.78, 5) is 32.4. The molecule has 156 valence electrons. The number of aliphatic hydroxyl groups excluding tert-OH is 1. The van der Waals surface area contributed by atoms with Crippen LogP contribution in [0.25, 0.3) is 11.2 Å². The molecule has 0 bridgehead atoms. The summed E-state index contributed by atoms with van der Waals surface area (Å²) in [6.07, 6.45) is 8.51. The Morgan fingerprint density at radius 1 is 1.17 bits per heavy atom. The monoisotopic (exact) mass is 404 g/mol. The van der Waals surface area contributed by atoms with Gasteiger partial charge in [-0.2, -0.15) is 9.97 Å². The number of nitrogens with two attached hydrogens (primary N) is 1. The van der Waals surface area contributed by atoms with Gasteiger partial charge in [0.15, 0.2) is 17.0 Å². The van der Waals surface area contributed by atoms with Crippen molar-refractivity contribution in [2.75, 3.05) is 17.7 Å². The summed E-state index contributed by atoms with van der Waals surface area (Å²) in [5, 5.41) is 28.4. The molecular formula is C18H24N6O5. The first kappa shape index (κ1) is 20.5. The quantitative estimate of drug-likeness (QED) is 0.419. The van der Waals surface area contributed by atoms with Crippen molar-refractivity contribution in [1.29, 1.82) is 0 Å². The molecule has 2 heterocycles. The van der Waals surface area contributed by atoms with E-state index in [1.807, 2.05) is 10.6 Å². The van der Waals surface area contributed by atoms with Crippen LogP contribution in [0.2, 0.25) is 0 Å². The number of nitrogen functional groups attached to an aromatic ring is 1. The molecule has 4 rings (SSSR count). The normalized spacial score (nSPS) is 20.3. The molecule has 2 aromatic rings. The Morgan fingerprint density at radius 3 is 2.41 bits per heavy atom. The zero-order chi connectivity index (χ0) is 21.0. The highest BCUT2D eigenvalue weighted by molar-refractivity contribution is 5.84. The van der Waals surface area contributed by atoms with E-state index >= 15 is 0 Å². The van der Waals surface area contributed by atoms with E-state index in [0.717, 1.165) is 36.2 Å². The number of hydrogen-bond donors (Lipinski definition) is 5. The SMILES string of the molecule is Nc1nc(NC2CC2)c2ncn([C@@H]3C=C[C@H](CO)C3)c2n1.O=C(O)CCC(=O)O. The van der Waals surface area contributed by atoms with E-state index in [4.69, 9.17) is 15.9 Å². The molecule has 0 aromatic carbocycles. The highest BCUT2D eigenvalue weighted by Gasteiger charge is 2.26. The lowest BCUT2D eigenvalue weighted by Crippen LogP contribution is -2.10. The lowest BCUT2D eigenvalue weighted by atomic mass is 10.1. The molecule has 0 saturated heterocycles. The number of aliphatic hydroxyl groups is 1. The highest BCUT2D eigenvalue weighted by Crippen LogP contribution is 2.32. The summed E-state index contributed by atoms with van der Waals surface area (Å²) in [5.74, 6) is -0.969. The van der Waals surface area contributed by atoms with Crippen LogP contribution in [0.3, 0.4) is 0 Å². The first-order valence-corrected chi connectivity index (χ1v) is 9.36. The fraction of sp³-hybridized carbons (Fsp3) is 0.500. The molecule has 0 amide bonds. The van der Waals surface area contributed by atoms with Gasteiger partial charge in [-0.1, -0.05) is 12.2 Å². The van der Waals surface area contributed by atoms with Gasteiger partial charge in [0.25, 0.3) is 0 Å². The molecule has 2 aromatic heterocycles. The summed E-state index contributed by atoms with van der Waals surface area (Å²) in [7, 11) is 0. The van der Waals surface area contributed by atoms with E-state index in [1.54, 1.807) is 6.33 Å². The Labute approximate surface area is 166 Å². The van der Waals surface area contributed by atoms with E-state index in [2.05, 4.69) is 26.3 Å². The van der Waals surface area contributed by atoms with Gasteiger partial charge in [-0.3, -0.25) is 9.59 Å². The number of carboxylic acid groups (broad SMARTS) is 2. The number of carbonyl (C=O) groups is 2. The Bertz CT molecular complexity index is 909. The van der Waals surface area contributed by atoms with E-state index in [-0.39, 0.29) is 37.4 Å². The molecule has 1 fully saturated rings. The average Bonchev–Trinajstić information content (AvgIpc) is 3.18. The number of nitrogens with one attached hydrogen (secondary N) is 1. The number of aromatic nitrogens is 4. The third kappa shape index (κ3) is 5.41. The lowest BCUT2D eigenvalue weighted by Gasteiger charge is -2.13. The molecule has 2 aliphatic carbocycles. The maximum atomic E-state index is 9.64. The summed E-state index contributed by atoms with van der Waals surface area (Å²) < 4.78 is 2.01. The maximum Gasteiger partial charge on any atom is 0.303 e. The molecule has 2 aliphatic rings. The zero-order valence-electron chi connectivity index (χ0n) is 15.7. The number of rotatable bonds is 7. The van der Waals surface area contributed by atoms with Crippen LogP contribution < -0.4 is 11.1 Å². The van der Waals surface area contributed by atoms with E-state index in [1.165, 1.54) is 0 Å². The van der Waals surface area contributed by atoms with Gasteiger partial charge in [-0.15, -0.1) is 0 Å². The summed E-state index contributed by atoms with van der Waals surface area (Å²) in [5.41, 5.74) is 7.35. The van der Waals surface area contributed by atoms with Crippen molar-refractivity contribution in [1.82, 2.24) is 19.5 Å². The molecule has 0 aliphatic heterocycles. The van der Waals surface area contributed by atoms with Crippen LogP contribution in [0, 0.1) is 5.92 Å². The second-order valence-electron chi connectivity index (χ2n) is 7.09. The van der Waals surface area contributed by atoms with Crippen LogP contribution in [0.5, 0.6) is 0 Å². The van der Waals surface area contributed by atoms with Gasteiger partial charge in [0, 0.05) is 18.6 Å². The number of imidazole rings is 1. The second kappa shape index (κ2) is 8.86. The number of nitrogens with zero attached hydrogens (tertiary/aromatic N) is 4. The van der Waals surface area contributed by atoms with Gasteiger partial charge < -0.3 is 30.9 Å². The zero-order valence-corrected chi connectivity index (χ0v) is 15.7. The van der Waals surface area contributed by atoms with Gasteiger partial charge >= 0.3 is 11.9 Å². The van der Waals surface area contributed by atoms with Crippen molar-refractivity contribution in [3.63, 3.8) is 0 Å². The fourth-order valence-electron chi connectivity index (χ4n) is 3.01. The number of hydrogen-bond acceptors (Lipinski definition) is 8. The molecule has 29 heavy (non-hydrogen) atoms. The molecule has 0 radical (unpaired) electrons. The van der Waals surface area contributed by atoms with Crippen LogP contribution in [0.15, 0.2) is 18.5 Å². The Balaban J connectivity index is 0.000000258. The number of allylic oxidation sites excluding steroid dienone is 1. The van der Waals surface area contributed by atoms with Crippen LogP contribution in [-0.2, 0) is 9.59 Å². The number of fused-ring (bicyclic) bond motifs is 1. The summed E-state index contributed by atoms with van der Waals surface area (Å²) in [6, 6.07) is 0.646. The van der Waals surface area contributed by atoms with Crippen molar-refractivity contribution in [3.05, 3.63) is 18.5 Å². The minimum atomic E-state index is -1.08. The van der Waals surface area contributed by atoms with Crippen molar-refractivity contribution in [2.24, 2.45) is 5.92 Å². The lowest BCUT2D eigenvalue weighted by molar-refractivity contribution is -0.143. The summed E-state index contributed by atoms with van der Waals surface area (Å²) >= 11 is 0. The number of anilines is 2. The van der Waals surface area contributed by atoms with Crippen molar-refractivity contribution in [3.8, 4) is 0 Å². The third-order valence-corrected chi connectivity index (χ3v) is 4.65. The van der Waals surface area contributed by atoms with Crippen molar-refractivity contribution >= 4 is 34.9 Å². The van der Waals surface area contributed by atoms with E-state index < -0.39 is 11.9 Å². The van der Waals surface area contributed by atoms with Crippen molar-refractivity contribution < 1.29 is 24.9 Å². The third-order valence-electron chi connectivity index (χ3n) is 4.65. The maximum absolute atomic E-state index is 9.64. The minimum Gasteiger partial charge on any atom is -0.481 e. The molecular weight excluding hydrogens is 380 g/mol. The van der Waals surface area contributed by atoms with Gasteiger partial charge in [-0.05, 0) is 19.3 Å². The predicted octanol–water partition coefficient (Wildman–Crippen LogP) is 1.03. The van der Waals surface area contributed by atoms with Gasteiger partial charge in [0.1, 0.15) is 0 Å². The first-order valence-electron chi connectivity index (χ1n) is 9.36. The standard InChI is InChI=1S/C14H18N6O.C4H6O4/c15-14-18-12(17-9-2-3-9)11-13(19-14)20(7-16-11)10-4-1-8(5-10)6-21;5-3(6)1-2-4(7)8/h1,4,7-10,21H,2-3,5-6H2,(H3,15,17,18,19);1-2H2,(H,5,6)(H,7,8)/t8-,10+;/m0./s1. The van der Waals surface area contributed by atoms with Crippen LogP contribution in [-0.4, -0.2) is 59.4 Å². The average molecular weight is 404 g/mol. The predicted molar refractivity (Wildman–Crippen MR) is 104 cm³/mol. The van der Waals surface area contributed by atoms with Gasteiger partial charge in [0.05, 0.1) is 25.2 Å². The molecule has 6 N–H and O–H groups in total.